The number of rotatable bonds is 0. The van der Waals surface area contributed by atoms with Gasteiger partial charge in [0, 0.05) is 19.7 Å². The van der Waals surface area contributed by atoms with Gasteiger partial charge < -0.3 is 0 Å². The van der Waals surface area contributed by atoms with Crippen molar-refractivity contribution in [2.45, 2.75) is 11.8 Å². The van der Waals surface area contributed by atoms with E-state index in [0.29, 0.717) is 10.7 Å². The molecule has 0 aromatic carbocycles. The molecule has 0 heterocycles. The fourth-order valence-electron chi connectivity index (χ4n) is 0.760. The predicted molar refractivity (Wildman–Crippen MR) is 55.9 cm³/mol. The molecule has 2 atom stereocenters. The minimum Gasteiger partial charge on any atom is -0.0838 e. The Labute approximate surface area is 86.1 Å². The first-order chi connectivity index (χ1) is 4.61. The second kappa shape index (κ2) is 3.55. The summed E-state index contributed by atoms with van der Waals surface area (Å²) >= 11 is 10.5. The second-order valence-corrected chi connectivity index (χ2v) is 5.20. The number of hydrogen-bond acceptors (Lipinski definition) is 0. The van der Waals surface area contributed by atoms with Crippen molar-refractivity contribution >= 4 is 47.8 Å². The van der Waals surface area contributed by atoms with E-state index in [1.165, 1.54) is 4.48 Å². The first kappa shape index (κ1) is 9.01. The molecule has 0 saturated heterocycles. The smallest absolute Gasteiger partial charge is 0.0410 e. The van der Waals surface area contributed by atoms with Crippen LogP contribution in [0.5, 0.6) is 0 Å². The average molecular weight is 331 g/mol. The minimum atomic E-state index is 0.446. The van der Waals surface area contributed by atoms with Crippen LogP contribution >= 0.6 is 47.8 Å². The Morgan fingerprint density at radius 1 is 1.40 bits per heavy atom. The molecule has 0 bridgehead atoms. The van der Waals surface area contributed by atoms with Crippen molar-refractivity contribution in [1.29, 1.82) is 0 Å². The summed E-state index contributed by atoms with van der Waals surface area (Å²) in [6.07, 6.45) is 4.23. The quantitative estimate of drug-likeness (QED) is 0.590. The van der Waals surface area contributed by atoms with Gasteiger partial charge in [-0.05, 0) is 6.08 Å². The van der Waals surface area contributed by atoms with Gasteiger partial charge in [0.05, 0.1) is 0 Å². The molecule has 0 aliphatic heterocycles. The Morgan fingerprint density at radius 2 is 2.00 bits per heavy atom. The minimum absolute atomic E-state index is 0.446. The van der Waals surface area contributed by atoms with E-state index < -0.39 is 0 Å². The molecular formula is C7H7Br3. The summed E-state index contributed by atoms with van der Waals surface area (Å²) in [5.41, 5.74) is 0. The highest BCUT2D eigenvalue weighted by atomic mass is 79.9. The Morgan fingerprint density at radius 3 is 2.50 bits per heavy atom. The first-order valence-corrected chi connectivity index (χ1v) is 5.50. The summed E-state index contributed by atoms with van der Waals surface area (Å²) in [5.74, 6) is 0.543. The van der Waals surface area contributed by atoms with Gasteiger partial charge in [-0.1, -0.05) is 60.8 Å². The lowest BCUT2D eigenvalue weighted by atomic mass is 10.0. The maximum atomic E-state index is 3.56. The molecule has 0 fully saturated rings. The zero-order chi connectivity index (χ0) is 7.72. The standard InChI is InChI=1S/C7H7Br3/c1-4-6(9)2-5(8)3-7(4)10/h2-4,6H,1H3. The van der Waals surface area contributed by atoms with Crippen LogP contribution in [0.25, 0.3) is 0 Å². The molecule has 3 heteroatoms. The van der Waals surface area contributed by atoms with Crippen molar-refractivity contribution in [3.63, 3.8) is 0 Å². The van der Waals surface area contributed by atoms with Gasteiger partial charge in [0.2, 0.25) is 0 Å². The van der Waals surface area contributed by atoms with Crippen LogP contribution in [0, 0.1) is 5.92 Å². The van der Waals surface area contributed by atoms with E-state index in [1.807, 2.05) is 0 Å². The molecule has 0 nitrogen and oxygen atoms in total. The van der Waals surface area contributed by atoms with Crippen LogP contribution in [0.3, 0.4) is 0 Å². The van der Waals surface area contributed by atoms with Crippen LogP contribution < -0.4 is 0 Å². The summed E-state index contributed by atoms with van der Waals surface area (Å²) < 4.78 is 2.38. The normalized spacial score (nSPS) is 33.2. The molecule has 10 heavy (non-hydrogen) atoms. The van der Waals surface area contributed by atoms with Crippen molar-refractivity contribution in [2.24, 2.45) is 5.92 Å². The van der Waals surface area contributed by atoms with Crippen molar-refractivity contribution in [3.8, 4) is 0 Å². The van der Waals surface area contributed by atoms with Crippen LogP contribution in [0.4, 0.5) is 0 Å². The highest BCUT2D eigenvalue weighted by molar-refractivity contribution is 9.12. The molecule has 0 spiro atoms. The number of halogens is 3. The van der Waals surface area contributed by atoms with E-state index in [-0.39, 0.29) is 0 Å². The molecule has 0 amide bonds. The summed E-state index contributed by atoms with van der Waals surface area (Å²) in [4.78, 5) is 0.446. The molecule has 56 valence electrons. The van der Waals surface area contributed by atoms with Gasteiger partial charge in [0.15, 0.2) is 0 Å². The third kappa shape index (κ3) is 1.95. The molecule has 1 rings (SSSR count). The largest absolute Gasteiger partial charge is 0.0838 e. The third-order valence-electron chi connectivity index (χ3n) is 1.51. The zero-order valence-electron chi connectivity index (χ0n) is 5.44. The molecule has 0 N–H and O–H groups in total. The molecule has 0 aromatic rings. The van der Waals surface area contributed by atoms with Crippen molar-refractivity contribution < 1.29 is 0 Å². The van der Waals surface area contributed by atoms with E-state index in [0.717, 1.165) is 4.48 Å². The second-order valence-electron chi connectivity index (χ2n) is 2.31. The topological polar surface area (TPSA) is 0 Å². The molecule has 0 radical (unpaired) electrons. The molecule has 1 aliphatic carbocycles. The van der Waals surface area contributed by atoms with Gasteiger partial charge in [-0.3, -0.25) is 0 Å². The Hall–Kier alpha value is 0.920. The monoisotopic (exact) mass is 328 g/mol. The Kier molecular flexibility index (Phi) is 3.20. The van der Waals surface area contributed by atoms with Crippen molar-refractivity contribution in [2.75, 3.05) is 0 Å². The van der Waals surface area contributed by atoms with Crippen LogP contribution in [0.2, 0.25) is 0 Å². The number of alkyl halides is 1. The fourth-order valence-corrected chi connectivity index (χ4v) is 3.41. The summed E-state index contributed by atoms with van der Waals surface area (Å²) in [7, 11) is 0. The molecular weight excluding hydrogens is 324 g/mol. The summed E-state index contributed by atoms with van der Waals surface area (Å²) in [6, 6.07) is 0. The lowest BCUT2D eigenvalue weighted by Gasteiger charge is -2.18. The lowest BCUT2D eigenvalue weighted by Crippen LogP contribution is -2.11. The van der Waals surface area contributed by atoms with Gasteiger partial charge in [0.25, 0.3) is 0 Å². The van der Waals surface area contributed by atoms with E-state index in [9.17, 15) is 0 Å². The molecule has 0 saturated carbocycles. The van der Waals surface area contributed by atoms with Gasteiger partial charge in [0.1, 0.15) is 0 Å². The van der Waals surface area contributed by atoms with Gasteiger partial charge in [-0.2, -0.15) is 0 Å². The number of allylic oxidation sites excluding steroid dienone is 4. The lowest BCUT2D eigenvalue weighted by molar-refractivity contribution is 0.751. The van der Waals surface area contributed by atoms with E-state index in [4.69, 9.17) is 0 Å². The predicted octanol–water partition coefficient (Wildman–Crippen LogP) is 3.96. The maximum Gasteiger partial charge on any atom is 0.0410 e. The molecule has 2 unspecified atom stereocenters. The Bertz CT molecular complexity index is 193. The van der Waals surface area contributed by atoms with Crippen molar-refractivity contribution in [3.05, 3.63) is 21.1 Å². The molecule has 0 aromatic heterocycles. The van der Waals surface area contributed by atoms with Crippen LogP contribution in [0.15, 0.2) is 21.1 Å². The fraction of sp³-hybridized carbons (Fsp3) is 0.429. The average Bonchev–Trinajstić information content (AvgIpc) is 1.82. The Balaban J connectivity index is 2.85. The maximum absolute atomic E-state index is 3.56. The van der Waals surface area contributed by atoms with Gasteiger partial charge in [-0.25, -0.2) is 0 Å². The van der Waals surface area contributed by atoms with Gasteiger partial charge in [-0.15, -0.1) is 0 Å². The van der Waals surface area contributed by atoms with Crippen LogP contribution in [-0.4, -0.2) is 4.83 Å². The van der Waals surface area contributed by atoms with Crippen LogP contribution in [-0.2, 0) is 0 Å². The van der Waals surface area contributed by atoms with Crippen LogP contribution in [0.1, 0.15) is 6.92 Å². The highest BCUT2D eigenvalue weighted by Crippen LogP contribution is 2.33. The first-order valence-electron chi connectivity index (χ1n) is 2.99. The number of hydrogen-bond donors (Lipinski definition) is 0. The van der Waals surface area contributed by atoms with Gasteiger partial charge >= 0.3 is 0 Å². The van der Waals surface area contributed by atoms with E-state index >= 15 is 0 Å². The van der Waals surface area contributed by atoms with E-state index in [1.54, 1.807) is 0 Å². The zero-order valence-corrected chi connectivity index (χ0v) is 10.2. The summed E-state index contributed by atoms with van der Waals surface area (Å²) in [6.45, 7) is 2.18. The van der Waals surface area contributed by atoms with Crippen molar-refractivity contribution in [1.82, 2.24) is 0 Å². The summed E-state index contributed by atoms with van der Waals surface area (Å²) in [5, 5.41) is 0. The SMILES string of the molecule is CC1C(Br)=CC(Br)=CC1Br. The van der Waals surface area contributed by atoms with E-state index in [2.05, 4.69) is 66.9 Å². The third-order valence-corrected chi connectivity index (χ3v) is 4.01. The molecule has 1 aliphatic rings. The highest BCUT2D eigenvalue weighted by Gasteiger charge is 2.18.